The summed E-state index contributed by atoms with van der Waals surface area (Å²) in [7, 11) is 0. The number of para-hydroxylation sites is 1. The highest BCUT2D eigenvalue weighted by atomic mass is 16.3. The number of carbonyl (C=O) groups is 1. The highest BCUT2D eigenvalue weighted by Crippen LogP contribution is 2.28. The first-order valence-corrected chi connectivity index (χ1v) is 7.24. The second-order valence-electron chi connectivity index (χ2n) is 5.38. The zero-order valence-electron chi connectivity index (χ0n) is 12.6. The van der Waals surface area contributed by atoms with Crippen molar-refractivity contribution in [2.24, 2.45) is 0 Å². The van der Waals surface area contributed by atoms with Gasteiger partial charge < -0.3 is 4.42 Å². The number of furan rings is 1. The van der Waals surface area contributed by atoms with Crippen LogP contribution in [-0.4, -0.2) is 5.78 Å². The Balaban J connectivity index is 2.18. The Morgan fingerprint density at radius 3 is 2.52 bits per heavy atom. The van der Waals surface area contributed by atoms with Gasteiger partial charge >= 0.3 is 0 Å². The number of aryl methyl sites for hydroxylation is 3. The maximum atomic E-state index is 12.9. The topological polar surface area (TPSA) is 30.2 Å². The van der Waals surface area contributed by atoms with Gasteiger partial charge in [-0.25, -0.2) is 0 Å². The number of hydrogen-bond acceptors (Lipinski definition) is 2. The molecule has 1 aromatic heterocycles. The van der Waals surface area contributed by atoms with Crippen molar-refractivity contribution < 1.29 is 9.21 Å². The predicted octanol–water partition coefficient (Wildman–Crippen LogP) is 4.84. The molecular weight excluding hydrogens is 260 g/mol. The van der Waals surface area contributed by atoms with E-state index in [4.69, 9.17) is 4.42 Å². The van der Waals surface area contributed by atoms with Crippen molar-refractivity contribution >= 4 is 16.8 Å². The Morgan fingerprint density at radius 2 is 1.81 bits per heavy atom. The average Bonchev–Trinajstić information content (AvgIpc) is 2.87. The third-order valence-electron chi connectivity index (χ3n) is 3.99. The standard InChI is InChI=1S/C19H18O2/c1-4-16-18(15-7-5-6-8-17(15)21-16)19(20)14-10-9-12(2)13(3)11-14/h5-11H,4H2,1-3H3. The largest absolute Gasteiger partial charge is 0.460 e. The van der Waals surface area contributed by atoms with Gasteiger partial charge in [0.1, 0.15) is 11.3 Å². The monoisotopic (exact) mass is 278 g/mol. The summed E-state index contributed by atoms with van der Waals surface area (Å²) in [6, 6.07) is 13.6. The van der Waals surface area contributed by atoms with Crippen LogP contribution in [0.4, 0.5) is 0 Å². The van der Waals surface area contributed by atoms with Crippen molar-refractivity contribution in [3.05, 3.63) is 70.5 Å². The van der Waals surface area contributed by atoms with Crippen molar-refractivity contribution in [3.63, 3.8) is 0 Å². The molecular formula is C19H18O2. The Kier molecular flexibility index (Phi) is 3.38. The normalized spacial score (nSPS) is 11.0. The molecule has 2 aromatic carbocycles. The van der Waals surface area contributed by atoms with E-state index >= 15 is 0 Å². The lowest BCUT2D eigenvalue weighted by Gasteiger charge is -2.05. The first-order chi connectivity index (χ1) is 10.1. The number of hydrogen-bond donors (Lipinski definition) is 0. The molecule has 0 saturated carbocycles. The number of carbonyl (C=O) groups excluding carboxylic acids is 1. The maximum absolute atomic E-state index is 12.9. The van der Waals surface area contributed by atoms with Crippen molar-refractivity contribution in [2.75, 3.05) is 0 Å². The quantitative estimate of drug-likeness (QED) is 0.641. The van der Waals surface area contributed by atoms with Crippen LogP contribution in [0.1, 0.15) is 39.7 Å². The molecule has 0 N–H and O–H groups in total. The predicted molar refractivity (Wildman–Crippen MR) is 84.9 cm³/mol. The molecule has 0 radical (unpaired) electrons. The lowest BCUT2D eigenvalue weighted by atomic mass is 9.97. The van der Waals surface area contributed by atoms with Crippen LogP contribution in [0.3, 0.4) is 0 Å². The Morgan fingerprint density at radius 1 is 1.05 bits per heavy atom. The van der Waals surface area contributed by atoms with E-state index in [9.17, 15) is 4.79 Å². The minimum absolute atomic E-state index is 0.0416. The summed E-state index contributed by atoms with van der Waals surface area (Å²) in [5.41, 5.74) is 4.53. The summed E-state index contributed by atoms with van der Waals surface area (Å²) in [4.78, 5) is 12.9. The molecule has 2 nitrogen and oxygen atoms in total. The van der Waals surface area contributed by atoms with E-state index < -0.39 is 0 Å². The van der Waals surface area contributed by atoms with Crippen LogP contribution in [0, 0.1) is 13.8 Å². The third-order valence-corrected chi connectivity index (χ3v) is 3.99. The van der Waals surface area contributed by atoms with E-state index in [0.717, 1.165) is 27.9 Å². The fourth-order valence-electron chi connectivity index (χ4n) is 2.62. The average molecular weight is 278 g/mol. The number of ketones is 1. The molecule has 0 aliphatic carbocycles. The SMILES string of the molecule is CCc1oc2ccccc2c1C(=O)c1ccc(C)c(C)c1. The molecule has 1 heterocycles. The molecule has 3 aromatic rings. The number of rotatable bonds is 3. The van der Waals surface area contributed by atoms with Crippen molar-refractivity contribution in [2.45, 2.75) is 27.2 Å². The molecule has 0 spiro atoms. The van der Waals surface area contributed by atoms with Crippen LogP contribution >= 0.6 is 0 Å². The molecule has 0 aliphatic rings. The van der Waals surface area contributed by atoms with Gasteiger partial charge in [0.25, 0.3) is 0 Å². The molecule has 2 heteroatoms. The summed E-state index contributed by atoms with van der Waals surface area (Å²) in [5, 5.41) is 0.901. The number of benzene rings is 2. The van der Waals surface area contributed by atoms with Gasteiger partial charge in [-0.15, -0.1) is 0 Å². The minimum Gasteiger partial charge on any atom is -0.460 e. The Labute approximate surface area is 124 Å². The van der Waals surface area contributed by atoms with E-state index in [1.54, 1.807) is 0 Å². The van der Waals surface area contributed by atoms with Gasteiger partial charge in [-0.3, -0.25) is 4.79 Å². The van der Waals surface area contributed by atoms with Crippen LogP contribution in [0.15, 0.2) is 46.9 Å². The third kappa shape index (κ3) is 2.27. The summed E-state index contributed by atoms with van der Waals surface area (Å²) in [6.07, 6.45) is 0.709. The first kappa shape index (κ1) is 13.6. The molecule has 21 heavy (non-hydrogen) atoms. The van der Waals surface area contributed by atoms with E-state index in [1.165, 1.54) is 5.56 Å². The van der Waals surface area contributed by atoms with E-state index in [0.29, 0.717) is 12.0 Å². The Hall–Kier alpha value is -2.35. The van der Waals surface area contributed by atoms with Gasteiger partial charge in [-0.1, -0.05) is 37.3 Å². The van der Waals surface area contributed by atoms with Gasteiger partial charge in [0.05, 0.1) is 5.56 Å². The molecule has 0 bridgehead atoms. The van der Waals surface area contributed by atoms with E-state index in [2.05, 4.69) is 0 Å². The van der Waals surface area contributed by atoms with Gasteiger partial charge in [-0.05, 0) is 37.1 Å². The summed E-state index contributed by atoms with van der Waals surface area (Å²) in [5.74, 6) is 0.805. The smallest absolute Gasteiger partial charge is 0.197 e. The van der Waals surface area contributed by atoms with Crippen LogP contribution in [0.25, 0.3) is 11.0 Å². The molecule has 3 rings (SSSR count). The molecule has 106 valence electrons. The highest BCUT2D eigenvalue weighted by molar-refractivity contribution is 6.16. The molecule has 0 saturated heterocycles. The van der Waals surface area contributed by atoms with Gasteiger partial charge in [0, 0.05) is 17.4 Å². The fourth-order valence-corrected chi connectivity index (χ4v) is 2.62. The molecule has 0 aliphatic heterocycles. The van der Waals surface area contributed by atoms with Crippen LogP contribution < -0.4 is 0 Å². The molecule has 0 atom stereocenters. The lowest BCUT2D eigenvalue weighted by molar-refractivity contribution is 0.103. The van der Waals surface area contributed by atoms with Gasteiger partial charge in [0.15, 0.2) is 5.78 Å². The second kappa shape index (κ2) is 5.21. The van der Waals surface area contributed by atoms with E-state index in [-0.39, 0.29) is 5.78 Å². The summed E-state index contributed by atoms with van der Waals surface area (Å²) < 4.78 is 5.82. The lowest BCUT2D eigenvalue weighted by Crippen LogP contribution is -2.04. The van der Waals surface area contributed by atoms with Gasteiger partial charge in [-0.2, -0.15) is 0 Å². The zero-order chi connectivity index (χ0) is 15.0. The summed E-state index contributed by atoms with van der Waals surface area (Å²) in [6.45, 7) is 6.09. The minimum atomic E-state index is 0.0416. The van der Waals surface area contributed by atoms with Crippen molar-refractivity contribution in [1.29, 1.82) is 0 Å². The Bertz CT molecular complexity index is 825. The van der Waals surface area contributed by atoms with Gasteiger partial charge in [0.2, 0.25) is 0 Å². The fraction of sp³-hybridized carbons (Fsp3) is 0.211. The van der Waals surface area contributed by atoms with E-state index in [1.807, 2.05) is 63.2 Å². The van der Waals surface area contributed by atoms with Crippen molar-refractivity contribution in [3.8, 4) is 0 Å². The van der Waals surface area contributed by atoms with Crippen molar-refractivity contribution in [1.82, 2.24) is 0 Å². The second-order valence-corrected chi connectivity index (χ2v) is 5.38. The van der Waals surface area contributed by atoms with Crippen LogP contribution in [0.2, 0.25) is 0 Å². The molecule has 0 fully saturated rings. The van der Waals surface area contributed by atoms with Crippen LogP contribution in [-0.2, 0) is 6.42 Å². The molecule has 0 amide bonds. The first-order valence-electron chi connectivity index (χ1n) is 7.24. The number of fused-ring (bicyclic) bond motifs is 1. The summed E-state index contributed by atoms with van der Waals surface area (Å²) >= 11 is 0. The van der Waals surface area contributed by atoms with Crippen LogP contribution in [0.5, 0.6) is 0 Å². The maximum Gasteiger partial charge on any atom is 0.197 e. The highest BCUT2D eigenvalue weighted by Gasteiger charge is 2.20. The zero-order valence-corrected chi connectivity index (χ0v) is 12.6. The molecule has 0 unspecified atom stereocenters.